The maximum Gasteiger partial charge on any atom is 0.159 e. The Hall–Kier alpha value is -0.890. The number of ether oxygens (including phenoxy) is 1. The number of carbonyl (C=O) groups excluding carboxylic acids is 1. The topological polar surface area (TPSA) is 75.5 Å². The molecule has 0 unspecified atom stereocenters. The normalized spacial score (nSPS) is 17.2. The van der Waals surface area contributed by atoms with Crippen LogP contribution in [0.15, 0.2) is 0 Å². The number of Topliss-reactive ketones (excluding diaryl/α,β-unsaturated/α-hetero) is 1. The van der Waals surface area contributed by atoms with E-state index in [9.17, 15) is 9.90 Å². The number of likely N-dealkylation sites (N-methyl/N-ethyl adjacent to an activating group) is 1. The molecule has 0 bridgehead atoms. The van der Waals surface area contributed by atoms with E-state index < -0.39 is 11.0 Å². The van der Waals surface area contributed by atoms with Crippen molar-refractivity contribution in [3.8, 4) is 0 Å². The van der Waals surface area contributed by atoms with Crippen molar-refractivity contribution in [1.82, 2.24) is 15.1 Å². The summed E-state index contributed by atoms with van der Waals surface area (Å²) in [5.74, 6) is 0.732. The summed E-state index contributed by atoms with van der Waals surface area (Å²) in [4.78, 5) is 15.0. The number of nitrogens with zero attached hydrogens (tertiary/aromatic N) is 3. The molecule has 1 aromatic rings. The quantitative estimate of drug-likeness (QED) is 0.756. The Morgan fingerprint density at radius 1 is 1.28 bits per heavy atom. The molecule has 142 valence electrons. The van der Waals surface area contributed by atoms with Gasteiger partial charge in [0.1, 0.15) is 10.0 Å². The summed E-state index contributed by atoms with van der Waals surface area (Å²) >= 11 is 1.42. The van der Waals surface area contributed by atoms with Crippen molar-refractivity contribution in [3.05, 3.63) is 10.0 Å². The lowest BCUT2D eigenvalue weighted by atomic mass is 9.92. The fraction of sp³-hybridized carbons (Fsp3) is 0.833. The summed E-state index contributed by atoms with van der Waals surface area (Å²) < 4.78 is 5.42. The molecule has 6 nitrogen and oxygen atoms in total. The molecule has 0 radical (unpaired) electrons. The number of ketones is 1. The summed E-state index contributed by atoms with van der Waals surface area (Å²) in [5, 5.41) is 19.3. The van der Waals surface area contributed by atoms with E-state index in [0.717, 1.165) is 37.6 Å². The first-order valence-corrected chi connectivity index (χ1v) is 9.74. The highest BCUT2D eigenvalue weighted by Crippen LogP contribution is 2.27. The number of aromatic nitrogens is 2. The molecule has 1 aliphatic heterocycles. The first kappa shape index (κ1) is 20.4. The third-order valence-electron chi connectivity index (χ3n) is 5.26. The van der Waals surface area contributed by atoms with Crippen LogP contribution in [-0.2, 0) is 21.4 Å². The van der Waals surface area contributed by atoms with Crippen LogP contribution in [0.1, 0.15) is 50.6 Å². The van der Waals surface area contributed by atoms with Crippen LogP contribution in [-0.4, -0.2) is 64.9 Å². The Labute approximate surface area is 154 Å². The van der Waals surface area contributed by atoms with Gasteiger partial charge in [0.25, 0.3) is 0 Å². The molecule has 2 heterocycles. The fourth-order valence-corrected chi connectivity index (χ4v) is 3.71. The second-order valence-corrected chi connectivity index (χ2v) is 9.20. The predicted molar refractivity (Wildman–Crippen MR) is 99.0 cm³/mol. The number of hydrogen-bond donors (Lipinski definition) is 1. The molecule has 1 saturated heterocycles. The average Bonchev–Trinajstić information content (AvgIpc) is 3.05. The minimum absolute atomic E-state index is 0.00884. The van der Waals surface area contributed by atoms with Gasteiger partial charge in [-0.05, 0) is 39.7 Å². The van der Waals surface area contributed by atoms with Crippen molar-refractivity contribution in [1.29, 1.82) is 0 Å². The lowest BCUT2D eigenvalue weighted by Crippen LogP contribution is -2.50. The van der Waals surface area contributed by atoms with Crippen LogP contribution in [0, 0.1) is 5.92 Å². The van der Waals surface area contributed by atoms with Crippen LogP contribution in [0.3, 0.4) is 0 Å². The summed E-state index contributed by atoms with van der Waals surface area (Å²) in [6, 6.07) is 0. The van der Waals surface area contributed by atoms with E-state index in [1.807, 2.05) is 34.7 Å². The van der Waals surface area contributed by atoms with E-state index in [2.05, 4.69) is 15.1 Å². The molecule has 0 spiro atoms. The summed E-state index contributed by atoms with van der Waals surface area (Å²) in [6.45, 7) is 10.4. The fourth-order valence-electron chi connectivity index (χ4n) is 2.78. The van der Waals surface area contributed by atoms with Gasteiger partial charge in [-0.15, -0.1) is 21.5 Å². The SMILES string of the molecule is CN(CC1CCOCC1)C(C)(C)C(=O)Cc1nnc(C(C)(C)CO)s1. The van der Waals surface area contributed by atoms with Gasteiger partial charge in [-0.1, -0.05) is 13.8 Å². The minimum atomic E-state index is -0.545. The number of carbonyl (C=O) groups is 1. The molecule has 2 rings (SSSR count). The van der Waals surface area contributed by atoms with Crippen LogP contribution in [0.25, 0.3) is 0 Å². The molecule has 1 fully saturated rings. The monoisotopic (exact) mass is 369 g/mol. The van der Waals surface area contributed by atoms with Gasteiger partial charge in [-0.2, -0.15) is 0 Å². The largest absolute Gasteiger partial charge is 0.395 e. The Morgan fingerprint density at radius 2 is 1.92 bits per heavy atom. The molecule has 0 saturated carbocycles. The van der Waals surface area contributed by atoms with Gasteiger partial charge in [0, 0.05) is 25.2 Å². The molecular formula is C18H31N3O3S. The van der Waals surface area contributed by atoms with Crippen LogP contribution < -0.4 is 0 Å². The van der Waals surface area contributed by atoms with Gasteiger partial charge in [0.15, 0.2) is 5.78 Å². The van der Waals surface area contributed by atoms with Crippen LogP contribution in [0.5, 0.6) is 0 Å². The number of aliphatic hydroxyl groups excluding tert-OH is 1. The zero-order chi connectivity index (χ0) is 18.7. The highest BCUT2D eigenvalue weighted by molar-refractivity contribution is 7.11. The third-order valence-corrected chi connectivity index (χ3v) is 6.55. The van der Waals surface area contributed by atoms with Gasteiger partial charge in [0.05, 0.1) is 18.6 Å². The molecule has 0 aromatic carbocycles. The standard InChI is InChI=1S/C18H31N3O3S/c1-17(2,12-22)16-20-19-15(25-16)10-14(23)18(3,4)21(5)11-13-6-8-24-9-7-13/h13,22H,6-12H2,1-5H3. The highest BCUT2D eigenvalue weighted by atomic mass is 32.1. The zero-order valence-electron chi connectivity index (χ0n) is 16.0. The molecule has 1 N–H and O–H groups in total. The van der Waals surface area contributed by atoms with Crippen molar-refractivity contribution in [2.45, 2.75) is 57.9 Å². The van der Waals surface area contributed by atoms with Crippen molar-refractivity contribution < 1.29 is 14.6 Å². The molecule has 0 atom stereocenters. The van der Waals surface area contributed by atoms with Gasteiger partial charge in [-0.25, -0.2) is 0 Å². The van der Waals surface area contributed by atoms with Gasteiger partial charge in [-0.3, -0.25) is 9.69 Å². The summed E-state index contributed by atoms with van der Waals surface area (Å²) in [6.07, 6.45) is 2.40. The average molecular weight is 370 g/mol. The summed E-state index contributed by atoms with van der Waals surface area (Å²) in [5.41, 5.74) is -0.967. The minimum Gasteiger partial charge on any atom is -0.395 e. The Balaban J connectivity index is 1.98. The predicted octanol–water partition coefficient (Wildman–Crippen LogP) is 2.06. The second kappa shape index (κ2) is 8.20. The number of rotatable bonds is 8. The zero-order valence-corrected chi connectivity index (χ0v) is 16.9. The molecule has 7 heteroatoms. The Bertz CT molecular complexity index is 580. The molecule has 1 aliphatic rings. The van der Waals surface area contributed by atoms with Crippen LogP contribution in [0.2, 0.25) is 0 Å². The smallest absolute Gasteiger partial charge is 0.159 e. The van der Waals surface area contributed by atoms with Gasteiger partial charge in [0.2, 0.25) is 0 Å². The summed E-state index contributed by atoms with van der Waals surface area (Å²) in [7, 11) is 2.02. The van der Waals surface area contributed by atoms with E-state index in [1.54, 1.807) is 0 Å². The van der Waals surface area contributed by atoms with Crippen molar-refractivity contribution in [3.63, 3.8) is 0 Å². The van der Waals surface area contributed by atoms with E-state index in [-0.39, 0.29) is 18.8 Å². The molecule has 1 aromatic heterocycles. The molecule has 0 aliphatic carbocycles. The van der Waals surface area contributed by atoms with Crippen molar-refractivity contribution in [2.24, 2.45) is 5.92 Å². The lowest BCUT2D eigenvalue weighted by molar-refractivity contribution is -0.128. The maximum atomic E-state index is 12.9. The van der Waals surface area contributed by atoms with E-state index in [4.69, 9.17) is 4.74 Å². The van der Waals surface area contributed by atoms with Crippen LogP contribution >= 0.6 is 11.3 Å². The highest BCUT2D eigenvalue weighted by Gasteiger charge is 2.34. The second-order valence-electron chi connectivity index (χ2n) is 8.14. The molecule has 0 amide bonds. The van der Waals surface area contributed by atoms with E-state index in [0.29, 0.717) is 10.9 Å². The first-order chi connectivity index (χ1) is 11.7. The Morgan fingerprint density at radius 3 is 2.52 bits per heavy atom. The number of aliphatic hydroxyl groups is 1. The van der Waals surface area contributed by atoms with Crippen LogP contribution in [0.4, 0.5) is 0 Å². The maximum absolute atomic E-state index is 12.9. The van der Waals surface area contributed by atoms with E-state index in [1.165, 1.54) is 11.3 Å². The van der Waals surface area contributed by atoms with E-state index >= 15 is 0 Å². The lowest BCUT2D eigenvalue weighted by Gasteiger charge is -2.37. The number of hydrogen-bond acceptors (Lipinski definition) is 7. The Kier molecular flexibility index (Phi) is 6.70. The van der Waals surface area contributed by atoms with Crippen molar-refractivity contribution >= 4 is 17.1 Å². The van der Waals surface area contributed by atoms with Crippen molar-refractivity contribution in [2.75, 3.05) is 33.4 Å². The third kappa shape index (κ3) is 5.06. The first-order valence-electron chi connectivity index (χ1n) is 8.93. The van der Waals surface area contributed by atoms with Gasteiger partial charge >= 0.3 is 0 Å². The molecular weight excluding hydrogens is 338 g/mol. The molecule has 25 heavy (non-hydrogen) atoms. The van der Waals surface area contributed by atoms with Gasteiger partial charge < -0.3 is 9.84 Å².